The van der Waals surface area contributed by atoms with Crippen LogP contribution < -0.4 is 19.6 Å². The summed E-state index contributed by atoms with van der Waals surface area (Å²) < 4.78 is 18.2. The van der Waals surface area contributed by atoms with Gasteiger partial charge in [-0.3, -0.25) is 9.36 Å². The van der Waals surface area contributed by atoms with Gasteiger partial charge in [0.15, 0.2) is 22.5 Å². The van der Waals surface area contributed by atoms with Crippen LogP contribution in [0.5, 0.6) is 17.2 Å². The number of carbonyl (C=O) groups is 2. The van der Waals surface area contributed by atoms with E-state index in [0.717, 1.165) is 5.69 Å². The second-order valence-corrected chi connectivity index (χ2v) is 8.81. The van der Waals surface area contributed by atoms with Gasteiger partial charge in [0.2, 0.25) is 5.75 Å². The van der Waals surface area contributed by atoms with Gasteiger partial charge in [0, 0.05) is 16.8 Å². The van der Waals surface area contributed by atoms with E-state index in [1.54, 1.807) is 30.3 Å². The third-order valence-corrected chi connectivity index (χ3v) is 6.42. The van der Waals surface area contributed by atoms with Gasteiger partial charge < -0.3 is 19.3 Å². The summed E-state index contributed by atoms with van der Waals surface area (Å²) in [5.74, 6) is 0.385. The number of ether oxygens (including phenoxy) is 3. The van der Waals surface area contributed by atoms with Crippen molar-refractivity contribution >= 4 is 29.9 Å². The second-order valence-electron chi connectivity index (χ2n) is 7.87. The smallest absolute Gasteiger partial charge is 0.336 e. The Kier molecular flexibility index (Phi) is 8.79. The van der Waals surface area contributed by atoms with Gasteiger partial charge >= 0.3 is 5.97 Å². The maximum absolute atomic E-state index is 12.5. The molecule has 0 unspecified atom stereocenters. The molecule has 3 aromatic carbocycles. The zero-order valence-corrected chi connectivity index (χ0v) is 22.1. The molecule has 0 saturated carbocycles. The number of amides is 1. The molecule has 0 aliphatic rings. The topological polar surface area (TPSA) is 137 Å². The zero-order valence-electron chi connectivity index (χ0n) is 21.3. The SMILES string of the molecule is COc1cc(-c2nnc(SCC(=O)N/N=C\c3ccccc3C(=O)O)n2-c2ccccc2)cc(OC)c1OC. The fourth-order valence-corrected chi connectivity index (χ4v) is 4.46. The van der Waals surface area contributed by atoms with E-state index in [4.69, 9.17) is 14.2 Å². The number of aromatic nitrogens is 3. The summed E-state index contributed by atoms with van der Waals surface area (Å²) in [4.78, 5) is 23.9. The quantitative estimate of drug-likeness (QED) is 0.163. The average molecular weight is 548 g/mol. The molecule has 11 nitrogen and oxygen atoms in total. The minimum Gasteiger partial charge on any atom is -0.493 e. The van der Waals surface area contributed by atoms with Crippen molar-refractivity contribution in [1.29, 1.82) is 0 Å². The van der Waals surface area contributed by atoms with Gasteiger partial charge in [-0.05, 0) is 30.3 Å². The Bertz CT molecular complexity index is 1480. The molecule has 4 rings (SSSR count). The number of carboxylic acid groups (broad SMARTS) is 1. The van der Waals surface area contributed by atoms with E-state index >= 15 is 0 Å². The van der Waals surface area contributed by atoms with Crippen LogP contribution in [-0.2, 0) is 4.79 Å². The molecule has 4 aromatic rings. The molecular weight excluding hydrogens is 522 g/mol. The Morgan fingerprint density at radius 1 is 0.974 bits per heavy atom. The fraction of sp³-hybridized carbons (Fsp3) is 0.148. The van der Waals surface area contributed by atoms with Gasteiger partial charge in [-0.25, -0.2) is 10.2 Å². The van der Waals surface area contributed by atoms with E-state index in [1.165, 1.54) is 45.4 Å². The number of carbonyl (C=O) groups excluding carboxylic acids is 1. The van der Waals surface area contributed by atoms with Gasteiger partial charge in [0.05, 0.1) is 38.9 Å². The first-order chi connectivity index (χ1) is 19.0. The molecule has 2 N–H and O–H groups in total. The lowest BCUT2D eigenvalue weighted by Crippen LogP contribution is -2.20. The molecule has 12 heteroatoms. The standard InChI is InChI=1S/C27H25N5O6S/c1-36-21-13-18(14-22(37-2)24(21)38-3)25-30-31-27(32(25)19-10-5-4-6-11-19)39-16-23(33)29-28-15-17-9-7-8-12-20(17)26(34)35/h4-15H,16H2,1-3H3,(H,29,33)(H,34,35)/b28-15-. The van der Waals surface area contributed by atoms with Crippen LogP contribution in [0.1, 0.15) is 15.9 Å². The van der Waals surface area contributed by atoms with Gasteiger partial charge in [-0.2, -0.15) is 5.10 Å². The Hall–Kier alpha value is -4.84. The highest BCUT2D eigenvalue weighted by Crippen LogP contribution is 2.41. The van der Waals surface area contributed by atoms with Crippen molar-refractivity contribution in [3.05, 3.63) is 77.9 Å². The number of nitrogens with zero attached hydrogens (tertiary/aromatic N) is 4. The third kappa shape index (κ3) is 6.18. The van der Waals surface area contributed by atoms with Crippen molar-refractivity contribution < 1.29 is 28.9 Å². The number of methoxy groups -OCH3 is 3. The van der Waals surface area contributed by atoms with Crippen molar-refractivity contribution in [1.82, 2.24) is 20.2 Å². The third-order valence-electron chi connectivity index (χ3n) is 5.49. The number of para-hydroxylation sites is 1. The Labute approximate surface area is 228 Å². The van der Waals surface area contributed by atoms with Gasteiger partial charge in [0.1, 0.15) is 0 Å². The lowest BCUT2D eigenvalue weighted by molar-refractivity contribution is -0.118. The molecule has 0 aliphatic carbocycles. The number of thioether (sulfide) groups is 1. The number of hydrogen-bond acceptors (Lipinski definition) is 9. The minimum absolute atomic E-state index is 0.0157. The molecule has 200 valence electrons. The summed E-state index contributed by atoms with van der Waals surface area (Å²) in [7, 11) is 4.60. The summed E-state index contributed by atoms with van der Waals surface area (Å²) in [5.41, 5.74) is 4.33. The molecule has 1 heterocycles. The van der Waals surface area contributed by atoms with E-state index in [-0.39, 0.29) is 11.3 Å². The van der Waals surface area contributed by atoms with Gasteiger partial charge in [-0.15, -0.1) is 10.2 Å². The molecule has 0 atom stereocenters. The molecule has 0 saturated heterocycles. The molecule has 0 fully saturated rings. The zero-order chi connectivity index (χ0) is 27.8. The van der Waals surface area contributed by atoms with Crippen molar-refractivity contribution in [2.75, 3.05) is 27.1 Å². The van der Waals surface area contributed by atoms with E-state index in [1.807, 2.05) is 34.9 Å². The van der Waals surface area contributed by atoms with E-state index in [2.05, 4.69) is 20.7 Å². The number of rotatable bonds is 11. The Morgan fingerprint density at radius 2 is 1.64 bits per heavy atom. The number of nitrogens with one attached hydrogen (secondary N) is 1. The van der Waals surface area contributed by atoms with E-state index in [9.17, 15) is 14.7 Å². The summed E-state index contributed by atoms with van der Waals surface area (Å²) in [6.07, 6.45) is 1.29. The van der Waals surface area contributed by atoms with Crippen LogP contribution in [0.4, 0.5) is 0 Å². The normalized spacial score (nSPS) is 10.8. The largest absolute Gasteiger partial charge is 0.493 e. The van der Waals surface area contributed by atoms with Crippen LogP contribution >= 0.6 is 11.8 Å². The number of carboxylic acids is 1. The maximum atomic E-state index is 12.5. The maximum Gasteiger partial charge on any atom is 0.336 e. The number of aromatic carboxylic acids is 1. The number of hydrogen-bond donors (Lipinski definition) is 2. The van der Waals surface area contributed by atoms with E-state index < -0.39 is 11.9 Å². The molecular formula is C27H25N5O6S. The summed E-state index contributed by atoms with van der Waals surface area (Å²) >= 11 is 1.17. The molecule has 0 spiro atoms. The highest BCUT2D eigenvalue weighted by Gasteiger charge is 2.21. The average Bonchev–Trinajstić information content (AvgIpc) is 3.39. The number of benzene rings is 3. The predicted molar refractivity (Wildman–Crippen MR) is 146 cm³/mol. The summed E-state index contributed by atoms with van der Waals surface area (Å²) in [5, 5.41) is 22.4. The van der Waals surface area contributed by atoms with Crippen molar-refractivity contribution in [3.63, 3.8) is 0 Å². The first-order valence-electron chi connectivity index (χ1n) is 11.5. The minimum atomic E-state index is -1.08. The molecule has 0 aliphatic heterocycles. The molecule has 39 heavy (non-hydrogen) atoms. The second kappa shape index (κ2) is 12.6. The summed E-state index contributed by atoms with van der Waals surface area (Å²) in [6.45, 7) is 0. The monoisotopic (exact) mass is 547 g/mol. The Balaban J connectivity index is 1.58. The first-order valence-corrected chi connectivity index (χ1v) is 12.5. The van der Waals surface area contributed by atoms with Crippen LogP contribution in [-0.4, -0.2) is 65.0 Å². The van der Waals surface area contributed by atoms with Crippen LogP contribution in [0.15, 0.2) is 77.0 Å². The van der Waals surface area contributed by atoms with Crippen LogP contribution in [0.25, 0.3) is 17.1 Å². The summed E-state index contributed by atoms with van der Waals surface area (Å²) in [6, 6.07) is 19.4. The van der Waals surface area contributed by atoms with Gasteiger partial charge in [0.25, 0.3) is 5.91 Å². The van der Waals surface area contributed by atoms with Crippen molar-refractivity contribution in [2.45, 2.75) is 5.16 Å². The lowest BCUT2D eigenvalue weighted by Gasteiger charge is -2.15. The number of hydrazone groups is 1. The van der Waals surface area contributed by atoms with Crippen LogP contribution in [0, 0.1) is 0 Å². The van der Waals surface area contributed by atoms with Crippen molar-refractivity contribution in [3.8, 4) is 34.3 Å². The first kappa shape index (κ1) is 27.2. The van der Waals surface area contributed by atoms with Crippen LogP contribution in [0.3, 0.4) is 0 Å². The van der Waals surface area contributed by atoms with E-state index in [0.29, 0.717) is 39.4 Å². The highest BCUT2D eigenvalue weighted by molar-refractivity contribution is 7.99. The fourth-order valence-electron chi connectivity index (χ4n) is 3.71. The molecule has 1 amide bonds. The molecule has 1 aromatic heterocycles. The Morgan fingerprint density at radius 3 is 2.28 bits per heavy atom. The molecule has 0 bridgehead atoms. The predicted octanol–water partition coefficient (Wildman–Crippen LogP) is 3.90. The lowest BCUT2D eigenvalue weighted by atomic mass is 10.1. The molecule has 0 radical (unpaired) electrons. The van der Waals surface area contributed by atoms with Crippen molar-refractivity contribution in [2.24, 2.45) is 5.10 Å². The van der Waals surface area contributed by atoms with Crippen LogP contribution in [0.2, 0.25) is 0 Å². The highest BCUT2D eigenvalue weighted by atomic mass is 32.2. The van der Waals surface area contributed by atoms with Gasteiger partial charge in [-0.1, -0.05) is 48.2 Å².